The number of H-pyrrole nitrogens is 2. The normalized spacial score (nSPS) is 17.9. The summed E-state index contributed by atoms with van der Waals surface area (Å²) in [7, 11) is 1.29. The van der Waals surface area contributed by atoms with Crippen LogP contribution in [0.5, 0.6) is 0 Å². The number of nitrogens with zero attached hydrogens (tertiary/aromatic N) is 4. The zero-order valence-corrected chi connectivity index (χ0v) is 32.9. The molecule has 14 nitrogen and oxygen atoms in total. The monoisotopic (exact) mass is 774 g/mol. The lowest BCUT2D eigenvalue weighted by Crippen LogP contribution is -2.51. The van der Waals surface area contributed by atoms with Crippen LogP contribution in [0, 0.1) is 11.8 Å². The molecule has 2 aliphatic rings. The first kappa shape index (κ1) is 39.1. The van der Waals surface area contributed by atoms with Crippen LogP contribution in [0.15, 0.2) is 73.1 Å². The number of alkyl carbamates (subject to hydrolysis) is 1. The van der Waals surface area contributed by atoms with E-state index >= 15 is 0 Å². The number of methoxy groups -OCH3 is 1. The largest absolute Gasteiger partial charge is 0.465 e. The van der Waals surface area contributed by atoms with E-state index in [0.29, 0.717) is 24.7 Å². The van der Waals surface area contributed by atoms with Gasteiger partial charge in [0.05, 0.1) is 43.0 Å². The Morgan fingerprint density at radius 1 is 0.702 bits per heavy atom. The highest BCUT2D eigenvalue weighted by atomic mass is 16.5. The second kappa shape index (κ2) is 16.5. The number of hydrogen-bond acceptors (Lipinski definition) is 7. The minimum absolute atomic E-state index is 0.120. The van der Waals surface area contributed by atoms with Gasteiger partial charge in [0.1, 0.15) is 23.7 Å². The van der Waals surface area contributed by atoms with Gasteiger partial charge in [-0.15, -0.1) is 0 Å². The fraction of sp³-hybridized carbons (Fsp3) is 0.395. The fourth-order valence-corrected chi connectivity index (χ4v) is 8.25. The third-order valence-corrected chi connectivity index (χ3v) is 11.2. The van der Waals surface area contributed by atoms with Crippen molar-refractivity contribution in [2.45, 2.75) is 77.5 Å². The summed E-state index contributed by atoms with van der Waals surface area (Å²) >= 11 is 0. The summed E-state index contributed by atoms with van der Waals surface area (Å²) < 4.78 is 4.78. The molecule has 0 bridgehead atoms. The Hall–Kier alpha value is -6.18. The van der Waals surface area contributed by atoms with Gasteiger partial charge < -0.3 is 40.2 Å². The minimum atomic E-state index is -1.21. The van der Waals surface area contributed by atoms with Crippen LogP contribution in [0.1, 0.15) is 77.1 Å². The van der Waals surface area contributed by atoms with Gasteiger partial charge in [0.15, 0.2) is 0 Å². The highest BCUT2D eigenvalue weighted by Gasteiger charge is 2.39. The van der Waals surface area contributed by atoms with Gasteiger partial charge in [0, 0.05) is 18.7 Å². The number of benzene rings is 3. The van der Waals surface area contributed by atoms with Crippen molar-refractivity contribution >= 4 is 34.8 Å². The van der Waals surface area contributed by atoms with Gasteiger partial charge >= 0.3 is 12.2 Å². The Kier molecular flexibility index (Phi) is 11.3. The van der Waals surface area contributed by atoms with E-state index < -0.39 is 24.3 Å². The van der Waals surface area contributed by atoms with Crippen molar-refractivity contribution in [3.63, 3.8) is 0 Å². The van der Waals surface area contributed by atoms with E-state index in [2.05, 4.69) is 80.2 Å². The number of aromatic amines is 2. The lowest BCUT2D eigenvalue weighted by Gasteiger charge is -2.30. The third kappa shape index (κ3) is 7.94. The molecule has 0 spiro atoms. The lowest BCUT2D eigenvalue weighted by molar-refractivity contribution is -0.136. The standard InChI is InChI=1S/C43H50N8O6/c1-24(2)36(48-42(54)55)40(52)50-20-8-14-34(50)38-44-22-32(46-38)27-18-16-26(17-19-27)28-10-6-12-30-29(28)11-7-13-31(30)33-23-45-39(47-33)35-15-9-21-51(35)41(53)37(25(3)4)49-43(56)57-5/h6-7,10-13,16-19,22-25,34-37,48H,8-9,14-15,20-21H2,1-5H3,(H,44,46)(H,45,47)(H,49,56)(H,54,55). The average molecular weight is 775 g/mol. The number of ether oxygens (including phenoxy) is 1. The summed E-state index contributed by atoms with van der Waals surface area (Å²) in [5.74, 6) is 0.701. The Morgan fingerprint density at radius 3 is 1.74 bits per heavy atom. The summed E-state index contributed by atoms with van der Waals surface area (Å²) in [5.41, 5.74) is 5.75. The molecule has 2 fully saturated rings. The summed E-state index contributed by atoms with van der Waals surface area (Å²) in [4.78, 5) is 70.5. The molecule has 4 amide bonds. The molecule has 0 saturated carbocycles. The molecule has 5 aromatic rings. The van der Waals surface area contributed by atoms with Gasteiger partial charge in [0.25, 0.3) is 0 Å². The number of carboxylic acid groups (broad SMARTS) is 1. The molecule has 0 aliphatic carbocycles. The summed E-state index contributed by atoms with van der Waals surface area (Å²) in [6.07, 6.45) is 4.92. The number of fused-ring (bicyclic) bond motifs is 1. The van der Waals surface area contributed by atoms with Crippen LogP contribution in [-0.2, 0) is 14.3 Å². The highest BCUT2D eigenvalue weighted by Crippen LogP contribution is 2.38. The molecule has 4 unspecified atom stereocenters. The van der Waals surface area contributed by atoms with Crippen LogP contribution < -0.4 is 10.6 Å². The molecule has 4 heterocycles. The molecule has 2 saturated heterocycles. The fourth-order valence-electron chi connectivity index (χ4n) is 8.25. The Morgan fingerprint density at radius 2 is 1.19 bits per heavy atom. The van der Waals surface area contributed by atoms with Crippen molar-refractivity contribution in [3.8, 4) is 33.6 Å². The minimum Gasteiger partial charge on any atom is -0.465 e. The number of rotatable bonds is 11. The second-order valence-corrected chi connectivity index (χ2v) is 15.6. The lowest BCUT2D eigenvalue weighted by atomic mass is 9.94. The maximum absolute atomic E-state index is 13.7. The first-order valence-corrected chi connectivity index (χ1v) is 19.6. The maximum Gasteiger partial charge on any atom is 0.407 e. The maximum atomic E-state index is 13.7. The Bertz CT molecular complexity index is 2260. The number of aromatic nitrogens is 4. The van der Waals surface area contributed by atoms with Crippen molar-refractivity contribution in [1.29, 1.82) is 0 Å². The van der Waals surface area contributed by atoms with Crippen molar-refractivity contribution < 1.29 is 29.0 Å². The SMILES string of the molecule is COC(=O)NC(C(=O)N1CCCC1c1ncc(-c2cccc3c(-c4ccc(-c5cnc(C6CCCN6C(=O)C(NC(=O)O)C(C)C)[nH]5)cc4)cccc23)[nH]1)C(C)C. The molecule has 7 rings (SSSR count). The predicted molar refractivity (Wildman–Crippen MR) is 216 cm³/mol. The average Bonchev–Trinajstić information content (AvgIpc) is 4.05. The molecule has 2 aliphatic heterocycles. The van der Waals surface area contributed by atoms with E-state index in [1.165, 1.54) is 7.11 Å². The van der Waals surface area contributed by atoms with E-state index in [4.69, 9.17) is 9.72 Å². The molecule has 5 N–H and O–H groups in total. The molecule has 298 valence electrons. The summed E-state index contributed by atoms with van der Waals surface area (Å²) in [5, 5.41) is 16.6. The van der Waals surface area contributed by atoms with Crippen molar-refractivity contribution in [1.82, 2.24) is 40.4 Å². The van der Waals surface area contributed by atoms with Crippen LogP contribution in [0.25, 0.3) is 44.4 Å². The smallest absolute Gasteiger partial charge is 0.407 e. The van der Waals surface area contributed by atoms with Crippen LogP contribution in [0.2, 0.25) is 0 Å². The number of imidazole rings is 2. The molecular weight excluding hydrogens is 725 g/mol. The molecule has 57 heavy (non-hydrogen) atoms. The zero-order valence-electron chi connectivity index (χ0n) is 32.9. The van der Waals surface area contributed by atoms with Gasteiger partial charge in [-0.1, -0.05) is 88.4 Å². The van der Waals surface area contributed by atoms with E-state index in [9.17, 15) is 24.3 Å². The van der Waals surface area contributed by atoms with E-state index in [1.807, 2.05) is 44.9 Å². The Balaban J connectivity index is 1.10. The molecule has 14 heteroatoms. The topological polar surface area (TPSA) is 186 Å². The first-order chi connectivity index (χ1) is 27.4. The van der Waals surface area contributed by atoms with Gasteiger partial charge in [-0.3, -0.25) is 9.59 Å². The number of carbonyl (C=O) groups excluding carboxylic acids is 3. The number of amides is 4. The van der Waals surface area contributed by atoms with Crippen molar-refractivity contribution in [2.24, 2.45) is 11.8 Å². The van der Waals surface area contributed by atoms with Gasteiger partial charge in [-0.25, -0.2) is 19.6 Å². The van der Waals surface area contributed by atoms with Gasteiger partial charge in [0.2, 0.25) is 11.8 Å². The van der Waals surface area contributed by atoms with E-state index in [1.54, 1.807) is 11.1 Å². The molecule has 0 radical (unpaired) electrons. The van der Waals surface area contributed by atoms with Crippen molar-refractivity contribution in [3.05, 3.63) is 84.7 Å². The zero-order chi connectivity index (χ0) is 40.4. The summed E-state index contributed by atoms with van der Waals surface area (Å²) in [6, 6.07) is 18.7. The van der Waals surface area contributed by atoms with E-state index in [-0.39, 0.29) is 35.7 Å². The van der Waals surface area contributed by atoms with Gasteiger partial charge in [-0.2, -0.15) is 0 Å². The first-order valence-electron chi connectivity index (χ1n) is 19.6. The van der Waals surface area contributed by atoms with Gasteiger partial charge in [-0.05, 0) is 65.0 Å². The molecule has 3 aromatic carbocycles. The number of hydrogen-bond donors (Lipinski definition) is 5. The molecular formula is C43H50N8O6. The van der Waals surface area contributed by atoms with Crippen LogP contribution in [-0.4, -0.2) is 91.1 Å². The predicted octanol–water partition coefficient (Wildman–Crippen LogP) is 7.29. The highest BCUT2D eigenvalue weighted by molar-refractivity contribution is 6.04. The quantitative estimate of drug-likeness (QED) is 0.0926. The van der Waals surface area contributed by atoms with Crippen LogP contribution in [0.4, 0.5) is 9.59 Å². The summed E-state index contributed by atoms with van der Waals surface area (Å²) in [6.45, 7) is 8.59. The molecule has 2 aromatic heterocycles. The number of carbonyl (C=O) groups is 4. The van der Waals surface area contributed by atoms with Crippen molar-refractivity contribution in [2.75, 3.05) is 20.2 Å². The molecule has 4 atom stereocenters. The second-order valence-electron chi connectivity index (χ2n) is 15.6. The number of nitrogens with one attached hydrogen (secondary N) is 4. The van der Waals surface area contributed by atoms with Crippen LogP contribution in [0.3, 0.4) is 0 Å². The van der Waals surface area contributed by atoms with Crippen LogP contribution >= 0.6 is 0 Å². The number of likely N-dealkylation sites (tertiary alicyclic amines) is 2. The van der Waals surface area contributed by atoms with E-state index in [0.717, 1.165) is 70.1 Å². The third-order valence-electron chi connectivity index (χ3n) is 11.2. The Labute approximate surface area is 331 Å².